The minimum absolute atomic E-state index is 0.0336. The summed E-state index contributed by atoms with van der Waals surface area (Å²) >= 11 is 6.09. The van der Waals surface area contributed by atoms with Gasteiger partial charge in [0, 0.05) is 19.8 Å². The van der Waals surface area contributed by atoms with Crippen LogP contribution in [0.3, 0.4) is 0 Å². The number of nitrogens with zero attached hydrogens (tertiary/aromatic N) is 1. The third kappa shape index (κ3) is 4.82. The fraction of sp³-hybridized carbons (Fsp3) is 0.143. The summed E-state index contributed by atoms with van der Waals surface area (Å²) in [5, 5.41) is 4.98. The molecule has 0 aliphatic rings. The Balaban J connectivity index is 1.85. The second-order valence-electron chi connectivity index (χ2n) is 6.92. The van der Waals surface area contributed by atoms with Crippen molar-refractivity contribution in [1.82, 2.24) is 4.31 Å². The van der Waals surface area contributed by atoms with Crippen LogP contribution in [-0.4, -0.2) is 38.6 Å². The van der Waals surface area contributed by atoms with E-state index in [1.54, 1.807) is 6.92 Å². The average molecular weight is 480 g/mol. The molecule has 1 aromatic heterocycles. The smallest absolute Gasteiger partial charge is 0.259 e. The molecule has 1 heterocycles. The van der Waals surface area contributed by atoms with Gasteiger partial charge in [0.1, 0.15) is 11.6 Å². The van der Waals surface area contributed by atoms with Crippen LogP contribution >= 0.6 is 11.6 Å². The Kier molecular flexibility index (Phi) is 6.68. The van der Waals surface area contributed by atoms with Gasteiger partial charge in [-0.25, -0.2) is 17.1 Å². The summed E-state index contributed by atoms with van der Waals surface area (Å²) in [6.07, 6.45) is 1.34. The van der Waals surface area contributed by atoms with E-state index in [9.17, 15) is 22.4 Å². The van der Waals surface area contributed by atoms with Crippen molar-refractivity contribution in [1.29, 1.82) is 0 Å². The molecule has 0 aliphatic heterocycles. The number of sulfonamides is 1. The molecule has 2 amide bonds. The molecule has 2 aromatic carbocycles. The van der Waals surface area contributed by atoms with Gasteiger partial charge in [-0.15, -0.1) is 0 Å². The van der Waals surface area contributed by atoms with Gasteiger partial charge in [0.2, 0.25) is 10.0 Å². The van der Waals surface area contributed by atoms with E-state index in [0.29, 0.717) is 5.76 Å². The Morgan fingerprint density at radius 2 is 1.69 bits per heavy atom. The maximum atomic E-state index is 14.2. The first-order valence-electron chi connectivity index (χ1n) is 9.19. The molecule has 0 radical (unpaired) electrons. The second-order valence-corrected chi connectivity index (χ2v) is 9.48. The molecule has 168 valence electrons. The molecular weight excluding hydrogens is 461 g/mol. The molecule has 3 rings (SSSR count). The number of carbonyl (C=O) groups excluding carboxylic acids is 2. The molecule has 0 aliphatic carbocycles. The molecule has 11 heteroatoms. The molecule has 8 nitrogen and oxygen atoms in total. The summed E-state index contributed by atoms with van der Waals surface area (Å²) in [7, 11) is -1.06. The molecule has 0 spiro atoms. The molecule has 0 fully saturated rings. The van der Waals surface area contributed by atoms with E-state index in [1.807, 2.05) is 0 Å². The number of halogens is 2. The van der Waals surface area contributed by atoms with Crippen LogP contribution in [0.2, 0.25) is 5.02 Å². The van der Waals surface area contributed by atoms with E-state index in [4.69, 9.17) is 16.0 Å². The minimum Gasteiger partial charge on any atom is -0.469 e. The van der Waals surface area contributed by atoms with Crippen molar-refractivity contribution in [2.75, 3.05) is 24.7 Å². The van der Waals surface area contributed by atoms with Crippen molar-refractivity contribution in [3.63, 3.8) is 0 Å². The molecule has 0 saturated carbocycles. The molecule has 3 aromatic rings. The zero-order valence-corrected chi connectivity index (χ0v) is 18.8. The van der Waals surface area contributed by atoms with Crippen molar-refractivity contribution >= 4 is 44.8 Å². The summed E-state index contributed by atoms with van der Waals surface area (Å²) in [5.41, 5.74) is 0.152. The number of anilines is 2. The number of amides is 2. The lowest BCUT2D eigenvalue weighted by Crippen LogP contribution is -2.23. The van der Waals surface area contributed by atoms with Crippen molar-refractivity contribution in [2.45, 2.75) is 11.8 Å². The third-order valence-corrected chi connectivity index (χ3v) is 6.68. The van der Waals surface area contributed by atoms with E-state index >= 15 is 0 Å². The number of hydrogen-bond donors (Lipinski definition) is 2. The lowest BCUT2D eigenvalue weighted by atomic mass is 10.2. The minimum atomic E-state index is -3.78. The van der Waals surface area contributed by atoms with Gasteiger partial charge in [-0.05, 0) is 49.4 Å². The van der Waals surface area contributed by atoms with Crippen LogP contribution in [0.1, 0.15) is 26.5 Å². The van der Waals surface area contributed by atoms with Gasteiger partial charge in [-0.1, -0.05) is 11.6 Å². The van der Waals surface area contributed by atoms with E-state index in [1.165, 1.54) is 50.7 Å². The van der Waals surface area contributed by atoms with Crippen LogP contribution < -0.4 is 10.6 Å². The molecule has 0 bridgehead atoms. The van der Waals surface area contributed by atoms with Crippen molar-refractivity contribution < 1.29 is 26.8 Å². The number of carbonyl (C=O) groups is 2. The van der Waals surface area contributed by atoms with Gasteiger partial charge in [0.15, 0.2) is 0 Å². The molecule has 0 atom stereocenters. The first-order chi connectivity index (χ1) is 15.0. The Bertz CT molecular complexity index is 1300. The summed E-state index contributed by atoms with van der Waals surface area (Å²) in [5.74, 6) is -1.63. The predicted molar refractivity (Wildman–Crippen MR) is 118 cm³/mol. The number of furan rings is 1. The quantitative estimate of drug-likeness (QED) is 0.552. The van der Waals surface area contributed by atoms with Gasteiger partial charge in [-0.3, -0.25) is 9.59 Å². The number of nitrogens with one attached hydrogen (secondary N) is 2. The predicted octanol–water partition coefficient (Wildman–Crippen LogP) is 4.14. The van der Waals surface area contributed by atoms with Crippen LogP contribution in [0, 0.1) is 12.7 Å². The highest BCUT2D eigenvalue weighted by Crippen LogP contribution is 2.25. The fourth-order valence-electron chi connectivity index (χ4n) is 2.76. The number of rotatable bonds is 6. The molecule has 2 N–H and O–H groups in total. The van der Waals surface area contributed by atoms with Gasteiger partial charge < -0.3 is 15.1 Å². The Labute approximate surface area is 189 Å². The van der Waals surface area contributed by atoms with Crippen molar-refractivity contribution in [3.8, 4) is 0 Å². The van der Waals surface area contributed by atoms with Crippen LogP contribution in [0.15, 0.2) is 58.0 Å². The largest absolute Gasteiger partial charge is 0.469 e. The Hall–Kier alpha value is -3.21. The zero-order chi connectivity index (χ0) is 23.6. The summed E-state index contributed by atoms with van der Waals surface area (Å²) in [4.78, 5) is 25.0. The summed E-state index contributed by atoms with van der Waals surface area (Å²) in [6, 6.07) is 8.79. The highest BCUT2D eigenvalue weighted by Gasteiger charge is 2.21. The van der Waals surface area contributed by atoms with Gasteiger partial charge in [0.05, 0.1) is 33.0 Å². The standard InChI is InChI=1S/C21H19ClFN3O5S/c1-12-15(8-9-31-12)20(27)25-19-10-13(4-7-18(19)23)24-21(28)16-11-14(5-6-17(16)22)32(29,30)26(2)3/h4-11H,1-3H3,(H,24,28)(H,25,27). The van der Waals surface area contributed by atoms with Gasteiger partial charge in [0.25, 0.3) is 11.8 Å². The Morgan fingerprint density at radius 3 is 2.31 bits per heavy atom. The van der Waals surface area contributed by atoms with Crippen molar-refractivity contribution in [3.05, 3.63) is 76.5 Å². The van der Waals surface area contributed by atoms with Crippen molar-refractivity contribution in [2.24, 2.45) is 0 Å². The average Bonchev–Trinajstić information content (AvgIpc) is 3.16. The normalized spacial score (nSPS) is 11.4. The lowest BCUT2D eigenvalue weighted by Gasteiger charge is -2.14. The maximum Gasteiger partial charge on any atom is 0.259 e. The zero-order valence-electron chi connectivity index (χ0n) is 17.3. The molecule has 32 heavy (non-hydrogen) atoms. The molecular formula is C21H19ClFN3O5S. The number of benzene rings is 2. The monoisotopic (exact) mass is 479 g/mol. The highest BCUT2D eigenvalue weighted by atomic mass is 35.5. The highest BCUT2D eigenvalue weighted by molar-refractivity contribution is 7.89. The summed E-state index contributed by atoms with van der Waals surface area (Å²) in [6.45, 7) is 1.59. The number of aryl methyl sites for hydroxylation is 1. The molecule has 0 unspecified atom stereocenters. The number of hydrogen-bond acceptors (Lipinski definition) is 5. The van der Waals surface area contributed by atoms with Crippen LogP contribution in [0.4, 0.5) is 15.8 Å². The first-order valence-corrected chi connectivity index (χ1v) is 11.0. The lowest BCUT2D eigenvalue weighted by molar-refractivity contribution is 0.101. The molecule has 0 saturated heterocycles. The topological polar surface area (TPSA) is 109 Å². The maximum absolute atomic E-state index is 14.2. The van der Waals surface area contributed by atoms with Crippen LogP contribution in [0.5, 0.6) is 0 Å². The van der Waals surface area contributed by atoms with Gasteiger partial charge in [-0.2, -0.15) is 0 Å². The third-order valence-electron chi connectivity index (χ3n) is 4.54. The van der Waals surface area contributed by atoms with E-state index in [2.05, 4.69) is 10.6 Å². The van der Waals surface area contributed by atoms with Crippen LogP contribution in [-0.2, 0) is 10.0 Å². The first kappa shape index (κ1) is 23.5. The van der Waals surface area contributed by atoms with E-state index in [0.717, 1.165) is 16.4 Å². The fourth-order valence-corrected chi connectivity index (χ4v) is 3.89. The van der Waals surface area contributed by atoms with Crippen LogP contribution in [0.25, 0.3) is 0 Å². The van der Waals surface area contributed by atoms with Gasteiger partial charge >= 0.3 is 0 Å². The van der Waals surface area contributed by atoms with E-state index in [-0.39, 0.29) is 32.4 Å². The van der Waals surface area contributed by atoms with E-state index < -0.39 is 27.7 Å². The second kappa shape index (κ2) is 9.11. The summed E-state index contributed by atoms with van der Waals surface area (Å²) < 4.78 is 45.0. The Morgan fingerprint density at radius 1 is 1.00 bits per heavy atom. The SMILES string of the molecule is Cc1occc1C(=O)Nc1cc(NC(=O)c2cc(S(=O)(=O)N(C)C)ccc2Cl)ccc1F.